The SMILES string of the molecule is CONC(=O)[C@H](CC(C)C)NC(=O)c1ccc(Cl)cc1. The highest BCUT2D eigenvalue weighted by Crippen LogP contribution is 2.11. The molecule has 1 aromatic rings. The molecule has 0 fully saturated rings. The van der Waals surface area contributed by atoms with Crippen LogP contribution in [0.3, 0.4) is 0 Å². The van der Waals surface area contributed by atoms with Crippen molar-refractivity contribution in [1.29, 1.82) is 0 Å². The third-order valence-electron chi connectivity index (χ3n) is 2.64. The van der Waals surface area contributed by atoms with Crippen molar-refractivity contribution < 1.29 is 14.4 Å². The number of hydrogen-bond donors (Lipinski definition) is 2. The minimum atomic E-state index is -0.641. The van der Waals surface area contributed by atoms with Crippen LogP contribution in [0.1, 0.15) is 30.6 Å². The van der Waals surface area contributed by atoms with Crippen LogP contribution in [-0.4, -0.2) is 25.0 Å². The predicted octanol–water partition coefficient (Wildman–Crippen LogP) is 2.16. The van der Waals surface area contributed by atoms with Gasteiger partial charge in [0, 0.05) is 10.6 Å². The number of amides is 2. The molecule has 5 nitrogen and oxygen atoms in total. The second kappa shape index (κ2) is 7.87. The van der Waals surface area contributed by atoms with Crippen molar-refractivity contribution in [2.75, 3.05) is 7.11 Å². The molecule has 1 rings (SSSR count). The first kappa shape index (κ1) is 16.5. The molecular weight excluding hydrogens is 280 g/mol. The zero-order valence-electron chi connectivity index (χ0n) is 11.8. The molecule has 6 heteroatoms. The smallest absolute Gasteiger partial charge is 0.266 e. The molecule has 1 atom stereocenters. The second-order valence-corrected chi connectivity index (χ2v) is 5.27. The van der Waals surface area contributed by atoms with E-state index in [0.717, 1.165) is 0 Å². The Labute approximate surface area is 123 Å². The van der Waals surface area contributed by atoms with Crippen molar-refractivity contribution in [2.45, 2.75) is 26.3 Å². The van der Waals surface area contributed by atoms with Crippen LogP contribution in [0.5, 0.6) is 0 Å². The van der Waals surface area contributed by atoms with Crippen molar-refractivity contribution in [3.05, 3.63) is 34.9 Å². The van der Waals surface area contributed by atoms with Gasteiger partial charge in [0.15, 0.2) is 0 Å². The first-order chi connectivity index (χ1) is 9.43. The van der Waals surface area contributed by atoms with Gasteiger partial charge in [-0.25, -0.2) is 5.48 Å². The minimum absolute atomic E-state index is 0.258. The average Bonchev–Trinajstić information content (AvgIpc) is 2.38. The summed E-state index contributed by atoms with van der Waals surface area (Å²) in [7, 11) is 1.35. The third-order valence-corrected chi connectivity index (χ3v) is 2.89. The third kappa shape index (κ3) is 5.19. The lowest BCUT2D eigenvalue weighted by Crippen LogP contribution is -2.47. The largest absolute Gasteiger partial charge is 0.340 e. The Hall–Kier alpha value is -1.59. The summed E-state index contributed by atoms with van der Waals surface area (Å²) in [6.07, 6.45) is 0.522. The molecule has 0 bridgehead atoms. The van der Waals surface area contributed by atoms with E-state index >= 15 is 0 Å². The number of carbonyl (C=O) groups excluding carboxylic acids is 2. The highest BCUT2D eigenvalue weighted by atomic mass is 35.5. The first-order valence-corrected chi connectivity index (χ1v) is 6.71. The molecule has 110 valence electrons. The van der Waals surface area contributed by atoms with Gasteiger partial charge < -0.3 is 5.32 Å². The number of benzene rings is 1. The zero-order chi connectivity index (χ0) is 15.1. The van der Waals surface area contributed by atoms with Gasteiger partial charge in [-0.05, 0) is 36.6 Å². The fourth-order valence-electron chi connectivity index (χ4n) is 1.72. The summed E-state index contributed by atoms with van der Waals surface area (Å²) in [5.74, 6) is -0.435. The van der Waals surface area contributed by atoms with Crippen molar-refractivity contribution in [3.8, 4) is 0 Å². The lowest BCUT2D eigenvalue weighted by molar-refractivity contribution is -0.133. The van der Waals surface area contributed by atoms with Gasteiger partial charge in [-0.15, -0.1) is 0 Å². The van der Waals surface area contributed by atoms with E-state index in [1.807, 2.05) is 13.8 Å². The number of nitrogens with one attached hydrogen (secondary N) is 2. The molecule has 0 aliphatic heterocycles. The van der Waals surface area contributed by atoms with Crippen LogP contribution in [-0.2, 0) is 9.63 Å². The van der Waals surface area contributed by atoms with E-state index in [-0.39, 0.29) is 17.7 Å². The molecule has 2 amide bonds. The van der Waals surface area contributed by atoms with E-state index < -0.39 is 6.04 Å². The zero-order valence-corrected chi connectivity index (χ0v) is 12.5. The number of hydroxylamine groups is 1. The van der Waals surface area contributed by atoms with Crippen molar-refractivity contribution in [1.82, 2.24) is 10.8 Å². The fourth-order valence-corrected chi connectivity index (χ4v) is 1.84. The van der Waals surface area contributed by atoms with Gasteiger partial charge >= 0.3 is 0 Å². The van der Waals surface area contributed by atoms with Crippen molar-refractivity contribution in [2.24, 2.45) is 5.92 Å². The Balaban J connectivity index is 2.75. The van der Waals surface area contributed by atoms with Crippen molar-refractivity contribution >= 4 is 23.4 Å². The Morgan fingerprint density at radius 3 is 2.35 bits per heavy atom. The molecule has 0 aliphatic rings. The van der Waals surface area contributed by atoms with Crippen LogP contribution in [0.2, 0.25) is 5.02 Å². The summed E-state index contributed by atoms with van der Waals surface area (Å²) >= 11 is 5.77. The second-order valence-electron chi connectivity index (χ2n) is 4.83. The Kier molecular flexibility index (Phi) is 6.48. The van der Waals surface area contributed by atoms with E-state index in [9.17, 15) is 9.59 Å². The molecule has 0 spiro atoms. The van der Waals surface area contributed by atoms with E-state index in [4.69, 9.17) is 11.6 Å². The van der Waals surface area contributed by atoms with Gasteiger partial charge in [0.25, 0.3) is 11.8 Å². The van der Waals surface area contributed by atoms with Crippen molar-refractivity contribution in [3.63, 3.8) is 0 Å². The molecule has 0 saturated heterocycles. The van der Waals surface area contributed by atoms with Crippen LogP contribution in [0.15, 0.2) is 24.3 Å². The van der Waals surface area contributed by atoms with Gasteiger partial charge in [0.2, 0.25) is 0 Å². The lowest BCUT2D eigenvalue weighted by Gasteiger charge is -2.19. The van der Waals surface area contributed by atoms with Crippen LogP contribution in [0.25, 0.3) is 0 Å². The molecule has 0 heterocycles. The highest BCUT2D eigenvalue weighted by molar-refractivity contribution is 6.30. The quantitative estimate of drug-likeness (QED) is 0.791. The summed E-state index contributed by atoms with van der Waals surface area (Å²) in [5, 5.41) is 3.25. The maximum Gasteiger partial charge on any atom is 0.266 e. The van der Waals surface area contributed by atoms with Gasteiger partial charge in [-0.3, -0.25) is 14.4 Å². The molecular formula is C14H19ClN2O3. The van der Waals surface area contributed by atoms with Crippen LogP contribution >= 0.6 is 11.6 Å². The van der Waals surface area contributed by atoms with Gasteiger partial charge in [0.1, 0.15) is 6.04 Å². The molecule has 1 aromatic carbocycles. The van der Waals surface area contributed by atoms with Gasteiger partial charge in [-0.1, -0.05) is 25.4 Å². The molecule has 0 aliphatic carbocycles. The predicted molar refractivity (Wildman–Crippen MR) is 77.3 cm³/mol. The molecule has 20 heavy (non-hydrogen) atoms. The normalized spacial score (nSPS) is 12.1. The Bertz CT molecular complexity index is 460. The van der Waals surface area contributed by atoms with E-state index in [1.165, 1.54) is 7.11 Å². The summed E-state index contributed by atoms with van der Waals surface area (Å²) < 4.78 is 0. The maximum absolute atomic E-state index is 12.1. The average molecular weight is 299 g/mol. The topological polar surface area (TPSA) is 67.4 Å². The summed E-state index contributed by atoms with van der Waals surface area (Å²) in [6, 6.07) is 5.83. The van der Waals surface area contributed by atoms with E-state index in [0.29, 0.717) is 17.0 Å². The monoisotopic (exact) mass is 298 g/mol. The lowest BCUT2D eigenvalue weighted by atomic mass is 10.0. The minimum Gasteiger partial charge on any atom is -0.340 e. The molecule has 0 aromatic heterocycles. The van der Waals surface area contributed by atoms with Gasteiger partial charge in [0.05, 0.1) is 7.11 Å². The number of carbonyl (C=O) groups is 2. The standard InChI is InChI=1S/C14H19ClN2O3/c1-9(2)8-12(14(19)17-20-3)16-13(18)10-4-6-11(15)7-5-10/h4-7,9,12H,8H2,1-3H3,(H,16,18)(H,17,19)/t12-/m0/s1. The Morgan fingerprint density at radius 1 is 1.25 bits per heavy atom. The molecule has 0 unspecified atom stereocenters. The number of rotatable bonds is 6. The van der Waals surface area contributed by atoms with Crippen LogP contribution < -0.4 is 10.8 Å². The van der Waals surface area contributed by atoms with E-state index in [2.05, 4.69) is 15.6 Å². The molecule has 2 N–H and O–H groups in total. The molecule has 0 radical (unpaired) electrons. The summed E-state index contributed by atoms with van der Waals surface area (Å²) in [5.41, 5.74) is 2.69. The fraction of sp³-hybridized carbons (Fsp3) is 0.429. The van der Waals surface area contributed by atoms with Crippen LogP contribution in [0, 0.1) is 5.92 Å². The Morgan fingerprint density at radius 2 is 1.85 bits per heavy atom. The number of hydrogen-bond acceptors (Lipinski definition) is 3. The van der Waals surface area contributed by atoms with Crippen LogP contribution in [0.4, 0.5) is 0 Å². The first-order valence-electron chi connectivity index (χ1n) is 6.33. The highest BCUT2D eigenvalue weighted by Gasteiger charge is 2.22. The maximum atomic E-state index is 12.1. The van der Waals surface area contributed by atoms with E-state index in [1.54, 1.807) is 24.3 Å². The van der Waals surface area contributed by atoms with Gasteiger partial charge in [-0.2, -0.15) is 0 Å². The molecule has 0 saturated carbocycles. The number of halogens is 1. The summed E-state index contributed by atoms with van der Waals surface area (Å²) in [6.45, 7) is 3.95. The summed E-state index contributed by atoms with van der Waals surface area (Å²) in [4.78, 5) is 28.5.